The van der Waals surface area contributed by atoms with Gasteiger partial charge in [0.25, 0.3) is 0 Å². The molecule has 1 atom stereocenters. The summed E-state index contributed by atoms with van der Waals surface area (Å²) in [6.07, 6.45) is 0.696. The van der Waals surface area contributed by atoms with Gasteiger partial charge in [0.15, 0.2) is 0 Å². The average molecular weight is 249 g/mol. The first kappa shape index (κ1) is 14.5. The summed E-state index contributed by atoms with van der Waals surface area (Å²) in [4.78, 5) is 15.5. The lowest BCUT2D eigenvalue weighted by molar-refractivity contribution is -0.132. The molecule has 0 aliphatic carbocycles. The fourth-order valence-corrected chi connectivity index (χ4v) is 1.85. The van der Waals surface area contributed by atoms with Crippen molar-refractivity contribution in [1.29, 1.82) is 0 Å². The third-order valence-corrected chi connectivity index (χ3v) is 3.01. The Morgan fingerprint density at radius 2 is 1.72 bits per heavy atom. The van der Waals surface area contributed by atoms with E-state index >= 15 is 0 Å². The predicted octanol–water partition coefficient (Wildman–Crippen LogP) is 0.958. The van der Waals surface area contributed by atoms with Crippen LogP contribution in [0.1, 0.15) is 5.56 Å². The maximum atomic E-state index is 11.9. The molecule has 0 saturated heterocycles. The number of anilines is 1. The van der Waals surface area contributed by atoms with Gasteiger partial charge in [-0.2, -0.15) is 0 Å². The van der Waals surface area contributed by atoms with Gasteiger partial charge in [0.05, 0.1) is 5.92 Å². The van der Waals surface area contributed by atoms with Crippen LogP contribution in [0, 0.1) is 5.92 Å². The second-order valence-electron chi connectivity index (χ2n) is 4.93. The van der Waals surface area contributed by atoms with Gasteiger partial charge in [0, 0.05) is 40.4 Å². The molecule has 0 spiro atoms. The van der Waals surface area contributed by atoms with Gasteiger partial charge in [0.1, 0.15) is 0 Å². The third-order valence-electron chi connectivity index (χ3n) is 3.01. The third kappa shape index (κ3) is 3.74. The Labute approximate surface area is 109 Å². The van der Waals surface area contributed by atoms with Crippen LogP contribution in [0.2, 0.25) is 0 Å². The number of carbonyl (C=O) groups excluding carboxylic acids is 1. The SMILES string of the molecule is CN(C)C(=O)C(CN)Cc1ccc(N(C)C)cc1. The van der Waals surface area contributed by atoms with Crippen molar-refractivity contribution < 1.29 is 4.79 Å². The lowest BCUT2D eigenvalue weighted by atomic mass is 9.98. The first-order valence-corrected chi connectivity index (χ1v) is 6.13. The quantitative estimate of drug-likeness (QED) is 0.845. The van der Waals surface area contributed by atoms with Crippen molar-refractivity contribution in [2.45, 2.75) is 6.42 Å². The van der Waals surface area contributed by atoms with Crippen LogP contribution in [0.3, 0.4) is 0 Å². The molecule has 1 rings (SSSR count). The van der Waals surface area contributed by atoms with E-state index in [1.165, 1.54) is 0 Å². The molecule has 1 amide bonds. The molecule has 0 aliphatic rings. The number of carbonyl (C=O) groups is 1. The summed E-state index contributed by atoms with van der Waals surface area (Å²) in [5, 5.41) is 0. The van der Waals surface area contributed by atoms with E-state index in [0.717, 1.165) is 11.3 Å². The van der Waals surface area contributed by atoms with Gasteiger partial charge in [-0.15, -0.1) is 0 Å². The van der Waals surface area contributed by atoms with Crippen LogP contribution in [-0.2, 0) is 11.2 Å². The van der Waals surface area contributed by atoms with Gasteiger partial charge in [-0.25, -0.2) is 0 Å². The Morgan fingerprint density at radius 1 is 1.17 bits per heavy atom. The molecule has 1 aromatic rings. The number of hydrogen-bond donors (Lipinski definition) is 1. The number of benzene rings is 1. The number of nitrogens with two attached hydrogens (primary N) is 1. The summed E-state index contributed by atoms with van der Waals surface area (Å²) < 4.78 is 0. The van der Waals surface area contributed by atoms with Gasteiger partial charge < -0.3 is 15.5 Å². The summed E-state index contributed by atoms with van der Waals surface area (Å²) in [6, 6.07) is 8.23. The summed E-state index contributed by atoms with van der Waals surface area (Å²) in [7, 11) is 7.54. The summed E-state index contributed by atoms with van der Waals surface area (Å²) in [6.45, 7) is 0.381. The van der Waals surface area contributed by atoms with Crippen LogP contribution in [0.15, 0.2) is 24.3 Å². The van der Waals surface area contributed by atoms with Crippen LogP contribution in [0.4, 0.5) is 5.69 Å². The molecule has 1 aromatic carbocycles. The Bertz CT molecular complexity index is 385. The molecule has 0 aromatic heterocycles. The molecule has 0 saturated carbocycles. The summed E-state index contributed by atoms with van der Waals surface area (Å²) in [5.41, 5.74) is 7.98. The van der Waals surface area contributed by atoms with E-state index in [4.69, 9.17) is 5.73 Å². The average Bonchev–Trinajstić information content (AvgIpc) is 2.35. The van der Waals surface area contributed by atoms with Crippen LogP contribution in [0.25, 0.3) is 0 Å². The molecule has 4 nitrogen and oxygen atoms in total. The van der Waals surface area contributed by atoms with Crippen LogP contribution < -0.4 is 10.6 Å². The number of hydrogen-bond acceptors (Lipinski definition) is 3. The fraction of sp³-hybridized carbons (Fsp3) is 0.500. The minimum Gasteiger partial charge on any atom is -0.378 e. The Hall–Kier alpha value is -1.55. The highest BCUT2D eigenvalue weighted by molar-refractivity contribution is 5.78. The van der Waals surface area contributed by atoms with E-state index in [0.29, 0.717) is 13.0 Å². The molecule has 18 heavy (non-hydrogen) atoms. The summed E-state index contributed by atoms with van der Waals surface area (Å²) >= 11 is 0. The van der Waals surface area contributed by atoms with Gasteiger partial charge in [-0.1, -0.05) is 12.1 Å². The minimum absolute atomic E-state index is 0.0918. The van der Waals surface area contributed by atoms with Gasteiger partial charge in [-0.05, 0) is 24.1 Å². The fourth-order valence-electron chi connectivity index (χ4n) is 1.85. The van der Waals surface area contributed by atoms with E-state index in [1.54, 1.807) is 19.0 Å². The first-order valence-electron chi connectivity index (χ1n) is 6.13. The lowest BCUT2D eigenvalue weighted by Crippen LogP contribution is -2.35. The largest absolute Gasteiger partial charge is 0.378 e. The van der Waals surface area contributed by atoms with Crippen molar-refractivity contribution in [3.8, 4) is 0 Å². The molecule has 0 fully saturated rings. The molecule has 0 aliphatic heterocycles. The maximum absolute atomic E-state index is 11.9. The van der Waals surface area contributed by atoms with E-state index < -0.39 is 0 Å². The van der Waals surface area contributed by atoms with E-state index in [9.17, 15) is 4.79 Å². The molecule has 2 N–H and O–H groups in total. The Morgan fingerprint density at radius 3 is 2.11 bits per heavy atom. The molecule has 100 valence electrons. The van der Waals surface area contributed by atoms with Crippen molar-refractivity contribution in [1.82, 2.24) is 4.90 Å². The van der Waals surface area contributed by atoms with Crippen LogP contribution >= 0.6 is 0 Å². The molecular formula is C14H23N3O. The van der Waals surface area contributed by atoms with Crippen molar-refractivity contribution >= 4 is 11.6 Å². The second-order valence-corrected chi connectivity index (χ2v) is 4.93. The Balaban J connectivity index is 2.73. The highest BCUT2D eigenvalue weighted by atomic mass is 16.2. The summed E-state index contributed by atoms with van der Waals surface area (Å²) in [5.74, 6) is -0.0422. The van der Waals surface area contributed by atoms with E-state index in [-0.39, 0.29) is 11.8 Å². The molecule has 0 bridgehead atoms. The van der Waals surface area contributed by atoms with Crippen molar-refractivity contribution in [3.05, 3.63) is 29.8 Å². The monoisotopic (exact) mass is 249 g/mol. The predicted molar refractivity (Wildman–Crippen MR) is 75.7 cm³/mol. The zero-order valence-electron chi connectivity index (χ0n) is 11.7. The van der Waals surface area contributed by atoms with Crippen LogP contribution in [-0.4, -0.2) is 45.5 Å². The molecular weight excluding hydrogens is 226 g/mol. The number of rotatable bonds is 5. The Kier molecular flexibility index (Phi) is 5.16. The van der Waals surface area contributed by atoms with Crippen molar-refractivity contribution in [2.75, 3.05) is 39.6 Å². The lowest BCUT2D eigenvalue weighted by Gasteiger charge is -2.19. The topological polar surface area (TPSA) is 49.6 Å². The molecule has 4 heteroatoms. The highest BCUT2D eigenvalue weighted by Gasteiger charge is 2.18. The van der Waals surface area contributed by atoms with Crippen molar-refractivity contribution in [2.24, 2.45) is 11.7 Å². The minimum atomic E-state index is -0.134. The second kappa shape index (κ2) is 6.40. The number of amides is 1. The highest BCUT2D eigenvalue weighted by Crippen LogP contribution is 2.15. The zero-order chi connectivity index (χ0) is 13.7. The standard InChI is InChI=1S/C14H23N3O/c1-16(2)13-7-5-11(6-8-13)9-12(10-15)14(18)17(3)4/h5-8,12H,9-10,15H2,1-4H3. The first-order chi connectivity index (χ1) is 8.45. The van der Waals surface area contributed by atoms with Gasteiger partial charge >= 0.3 is 0 Å². The van der Waals surface area contributed by atoms with Crippen molar-refractivity contribution in [3.63, 3.8) is 0 Å². The molecule has 0 radical (unpaired) electrons. The zero-order valence-corrected chi connectivity index (χ0v) is 11.7. The smallest absolute Gasteiger partial charge is 0.226 e. The van der Waals surface area contributed by atoms with E-state index in [1.807, 2.05) is 14.1 Å². The number of nitrogens with zero attached hydrogens (tertiary/aromatic N) is 2. The molecule has 1 unspecified atom stereocenters. The van der Waals surface area contributed by atoms with Gasteiger partial charge in [0.2, 0.25) is 5.91 Å². The van der Waals surface area contributed by atoms with E-state index in [2.05, 4.69) is 29.2 Å². The maximum Gasteiger partial charge on any atom is 0.226 e. The van der Waals surface area contributed by atoms with Gasteiger partial charge in [-0.3, -0.25) is 4.79 Å². The van der Waals surface area contributed by atoms with Crippen LogP contribution in [0.5, 0.6) is 0 Å². The molecule has 0 heterocycles. The normalized spacial score (nSPS) is 12.1.